The quantitative estimate of drug-likeness (QED) is 0.598. The first kappa shape index (κ1) is 19.6. The number of rotatable bonds is 3. The molecule has 0 amide bonds. The second-order valence-electron chi connectivity index (χ2n) is 5.10. The number of hydrogen-bond acceptors (Lipinski definition) is 8. The molecule has 0 saturated carbocycles. The minimum Gasteiger partial charge on any atom is -0.387 e. The maximum absolute atomic E-state index is 12.4. The van der Waals surface area contributed by atoms with Gasteiger partial charge >= 0.3 is 7.82 Å². The Kier molecular flexibility index (Phi) is 6.90. The van der Waals surface area contributed by atoms with Gasteiger partial charge in [0, 0.05) is 32.7 Å². The predicted molar refractivity (Wildman–Crippen MR) is 72.5 cm³/mol. The average molecular weight is 421 g/mol. The van der Waals surface area contributed by atoms with Crippen molar-refractivity contribution in [1.82, 2.24) is 0 Å². The summed E-state index contributed by atoms with van der Waals surface area (Å²) in [6.45, 7) is -0.192. The standard InChI is InChI=1S/C13H17O8P.Y/c14-11-10(21-13(16)12(11)15)7-20-22(17)18-5-8-3-1-2-4-9(8)6-19-22;/h1-4,10-16H,5-7H2;. The molecule has 0 aromatic heterocycles. The van der Waals surface area contributed by atoms with E-state index in [1.54, 1.807) is 0 Å². The van der Waals surface area contributed by atoms with E-state index >= 15 is 0 Å². The fraction of sp³-hybridized carbons (Fsp3) is 0.538. The second kappa shape index (κ2) is 8.10. The zero-order valence-electron chi connectivity index (χ0n) is 12.1. The number of phosphoric acid groups is 1. The van der Waals surface area contributed by atoms with Crippen LogP contribution in [0, 0.1) is 0 Å². The van der Waals surface area contributed by atoms with E-state index in [-0.39, 0.29) is 52.5 Å². The first-order chi connectivity index (χ1) is 10.5. The van der Waals surface area contributed by atoms with Crippen LogP contribution in [0.3, 0.4) is 0 Å². The van der Waals surface area contributed by atoms with E-state index in [2.05, 4.69) is 0 Å². The third-order valence-corrected chi connectivity index (χ3v) is 4.96. The molecule has 1 aromatic carbocycles. The van der Waals surface area contributed by atoms with Crippen LogP contribution in [0.1, 0.15) is 11.1 Å². The van der Waals surface area contributed by atoms with Gasteiger partial charge in [0.05, 0.1) is 19.8 Å². The van der Waals surface area contributed by atoms with Gasteiger partial charge in [-0.15, -0.1) is 0 Å². The molecule has 8 nitrogen and oxygen atoms in total. The Morgan fingerprint density at radius 1 is 1.09 bits per heavy atom. The number of hydrogen-bond donors (Lipinski definition) is 3. The van der Waals surface area contributed by atoms with Gasteiger partial charge in [0.1, 0.15) is 18.3 Å². The molecule has 125 valence electrons. The molecule has 1 saturated heterocycles. The van der Waals surface area contributed by atoms with Gasteiger partial charge in [0.2, 0.25) is 0 Å². The van der Waals surface area contributed by atoms with Gasteiger partial charge in [-0.25, -0.2) is 4.57 Å². The van der Waals surface area contributed by atoms with Crippen LogP contribution in [0.2, 0.25) is 0 Å². The molecular weight excluding hydrogens is 404 g/mol. The maximum atomic E-state index is 12.4. The van der Waals surface area contributed by atoms with Crippen LogP contribution >= 0.6 is 7.82 Å². The summed E-state index contributed by atoms with van der Waals surface area (Å²) in [4.78, 5) is 0. The van der Waals surface area contributed by atoms with Crippen LogP contribution in [0.15, 0.2) is 24.3 Å². The molecule has 23 heavy (non-hydrogen) atoms. The van der Waals surface area contributed by atoms with E-state index in [0.29, 0.717) is 0 Å². The van der Waals surface area contributed by atoms with Crippen LogP contribution in [-0.4, -0.2) is 46.5 Å². The van der Waals surface area contributed by atoms with Gasteiger partial charge in [0.25, 0.3) is 0 Å². The molecule has 1 fully saturated rings. The third kappa shape index (κ3) is 4.47. The third-order valence-electron chi connectivity index (χ3n) is 3.61. The molecule has 1 radical (unpaired) electrons. The molecule has 10 heteroatoms. The zero-order chi connectivity index (χ0) is 15.7. The van der Waals surface area contributed by atoms with E-state index in [1.807, 2.05) is 24.3 Å². The van der Waals surface area contributed by atoms with Crippen LogP contribution in [0.25, 0.3) is 0 Å². The van der Waals surface area contributed by atoms with Crippen molar-refractivity contribution in [2.75, 3.05) is 6.61 Å². The van der Waals surface area contributed by atoms with Crippen molar-refractivity contribution in [3.63, 3.8) is 0 Å². The molecule has 0 aliphatic carbocycles. The van der Waals surface area contributed by atoms with E-state index in [9.17, 15) is 19.9 Å². The van der Waals surface area contributed by atoms with Crippen molar-refractivity contribution in [1.29, 1.82) is 0 Å². The van der Waals surface area contributed by atoms with E-state index in [0.717, 1.165) is 11.1 Å². The summed E-state index contributed by atoms with van der Waals surface area (Å²) in [5, 5.41) is 28.3. The molecule has 2 aliphatic heterocycles. The molecule has 2 heterocycles. The van der Waals surface area contributed by atoms with Crippen LogP contribution in [-0.2, 0) is 68.8 Å². The first-order valence-corrected chi connectivity index (χ1v) is 8.25. The van der Waals surface area contributed by atoms with Gasteiger partial charge < -0.3 is 20.1 Å². The summed E-state index contributed by atoms with van der Waals surface area (Å²) in [6, 6.07) is 7.35. The second-order valence-corrected chi connectivity index (χ2v) is 6.77. The summed E-state index contributed by atoms with van der Waals surface area (Å²) >= 11 is 0. The Labute approximate surface area is 158 Å². The van der Waals surface area contributed by atoms with E-state index < -0.39 is 32.4 Å². The largest absolute Gasteiger partial charge is 0.475 e. The Morgan fingerprint density at radius 2 is 1.65 bits per heavy atom. The van der Waals surface area contributed by atoms with Gasteiger partial charge in [-0.05, 0) is 11.1 Å². The molecule has 4 atom stereocenters. The number of ether oxygens (including phenoxy) is 1. The fourth-order valence-corrected chi connectivity index (χ4v) is 3.43. The monoisotopic (exact) mass is 421 g/mol. The molecule has 1 aromatic rings. The smallest absolute Gasteiger partial charge is 0.387 e. The van der Waals surface area contributed by atoms with Crippen molar-refractivity contribution in [3.8, 4) is 0 Å². The average Bonchev–Trinajstić information content (AvgIpc) is 2.68. The number of aliphatic hydroxyl groups excluding tert-OH is 3. The van der Waals surface area contributed by atoms with Gasteiger partial charge in [-0.2, -0.15) is 0 Å². The zero-order valence-corrected chi connectivity index (χ0v) is 15.9. The number of phosphoric ester groups is 1. The Bertz CT molecular complexity index is 554. The van der Waals surface area contributed by atoms with Gasteiger partial charge in [0.15, 0.2) is 6.29 Å². The SMILES string of the molecule is O=P1(OCC2OC(O)C(O)C2O)OCc2ccccc2CO1.[Y]. The van der Waals surface area contributed by atoms with Crippen molar-refractivity contribution >= 4 is 7.82 Å². The summed E-state index contributed by atoms with van der Waals surface area (Å²) in [7, 11) is -3.81. The predicted octanol–water partition coefficient (Wildman–Crippen LogP) is 0.295. The molecule has 0 spiro atoms. The van der Waals surface area contributed by atoms with Crippen molar-refractivity contribution in [2.45, 2.75) is 37.8 Å². The van der Waals surface area contributed by atoms with Crippen molar-refractivity contribution in [2.24, 2.45) is 0 Å². The summed E-state index contributed by atoms with van der Waals surface area (Å²) in [5.41, 5.74) is 1.71. The maximum Gasteiger partial charge on any atom is 0.475 e. The summed E-state index contributed by atoms with van der Waals surface area (Å²) in [5.74, 6) is 0. The molecular formula is C13H17O8PY. The normalized spacial score (nSPS) is 32.7. The number of benzene rings is 1. The van der Waals surface area contributed by atoms with Gasteiger partial charge in [-0.1, -0.05) is 24.3 Å². The van der Waals surface area contributed by atoms with E-state index in [1.165, 1.54) is 0 Å². The van der Waals surface area contributed by atoms with Crippen LogP contribution in [0.4, 0.5) is 0 Å². The molecule has 3 rings (SSSR count). The summed E-state index contributed by atoms with van der Waals surface area (Å²) < 4.78 is 32.9. The minimum absolute atomic E-state index is 0. The minimum atomic E-state index is -3.81. The first-order valence-electron chi connectivity index (χ1n) is 6.79. The Balaban J connectivity index is 0.00000192. The molecule has 4 unspecified atom stereocenters. The Hall–Kier alpha value is 0.274. The van der Waals surface area contributed by atoms with E-state index in [4.69, 9.17) is 18.3 Å². The number of fused-ring (bicyclic) bond motifs is 1. The number of aliphatic hydroxyl groups is 3. The molecule has 3 N–H and O–H groups in total. The fourth-order valence-electron chi connectivity index (χ4n) is 2.28. The molecule has 2 aliphatic rings. The molecule has 0 bridgehead atoms. The van der Waals surface area contributed by atoms with Crippen LogP contribution in [0.5, 0.6) is 0 Å². The topological polar surface area (TPSA) is 115 Å². The van der Waals surface area contributed by atoms with Gasteiger partial charge in [-0.3, -0.25) is 13.6 Å². The Morgan fingerprint density at radius 3 is 2.13 bits per heavy atom. The van der Waals surface area contributed by atoms with Crippen LogP contribution < -0.4 is 0 Å². The van der Waals surface area contributed by atoms with Crippen molar-refractivity contribution < 1.29 is 70.9 Å². The summed E-state index contributed by atoms with van der Waals surface area (Å²) in [6.07, 6.45) is -5.31. The van der Waals surface area contributed by atoms with Crippen molar-refractivity contribution in [3.05, 3.63) is 35.4 Å².